The number of fused-ring (bicyclic) bond motifs is 1. The summed E-state index contributed by atoms with van der Waals surface area (Å²) in [4.78, 5) is 14.7. The van der Waals surface area contributed by atoms with E-state index in [4.69, 9.17) is 5.11 Å². The summed E-state index contributed by atoms with van der Waals surface area (Å²) in [5, 5.41) is 9.60. The Balaban J connectivity index is 2.47. The lowest BCUT2D eigenvalue weighted by atomic mass is 10.1. The number of aromatic nitrogens is 1. The second-order valence-corrected chi connectivity index (χ2v) is 4.17. The Labute approximate surface area is 94.9 Å². The molecular formula is C11H8BrNO2. The zero-order chi connectivity index (χ0) is 10.8. The highest BCUT2D eigenvalue weighted by Crippen LogP contribution is 2.18. The number of rotatable bonds is 2. The first-order chi connectivity index (χ1) is 7.15. The smallest absolute Gasteiger partial charge is 0.307 e. The van der Waals surface area contributed by atoms with Crippen LogP contribution >= 0.6 is 15.9 Å². The van der Waals surface area contributed by atoms with Gasteiger partial charge in [0.15, 0.2) is 0 Å². The van der Waals surface area contributed by atoms with Gasteiger partial charge in [-0.1, -0.05) is 22.0 Å². The van der Waals surface area contributed by atoms with Crippen LogP contribution in [-0.4, -0.2) is 16.1 Å². The van der Waals surface area contributed by atoms with Crippen molar-refractivity contribution in [1.82, 2.24) is 4.98 Å². The average molecular weight is 266 g/mol. The monoisotopic (exact) mass is 265 g/mol. The van der Waals surface area contributed by atoms with Gasteiger partial charge in [0.05, 0.1) is 11.9 Å². The van der Waals surface area contributed by atoms with E-state index in [0.29, 0.717) is 0 Å². The molecule has 15 heavy (non-hydrogen) atoms. The van der Waals surface area contributed by atoms with Crippen molar-refractivity contribution in [3.63, 3.8) is 0 Å². The fourth-order valence-electron chi connectivity index (χ4n) is 1.41. The second kappa shape index (κ2) is 3.98. The molecule has 2 rings (SSSR count). The minimum atomic E-state index is -0.840. The van der Waals surface area contributed by atoms with Gasteiger partial charge in [-0.3, -0.25) is 9.78 Å². The molecule has 1 heterocycles. The fourth-order valence-corrected chi connectivity index (χ4v) is 1.76. The fraction of sp³-hybridized carbons (Fsp3) is 0.0909. The molecule has 1 aromatic carbocycles. The highest BCUT2D eigenvalue weighted by Gasteiger charge is 2.02. The van der Waals surface area contributed by atoms with E-state index >= 15 is 0 Å². The lowest BCUT2D eigenvalue weighted by molar-refractivity contribution is -0.136. The quantitative estimate of drug-likeness (QED) is 0.908. The highest BCUT2D eigenvalue weighted by molar-refractivity contribution is 9.10. The van der Waals surface area contributed by atoms with Crippen LogP contribution in [0.1, 0.15) is 5.56 Å². The van der Waals surface area contributed by atoms with E-state index in [-0.39, 0.29) is 6.42 Å². The molecule has 0 aliphatic carbocycles. The van der Waals surface area contributed by atoms with Crippen LogP contribution < -0.4 is 0 Å². The molecule has 0 unspecified atom stereocenters. The van der Waals surface area contributed by atoms with E-state index in [9.17, 15) is 4.79 Å². The van der Waals surface area contributed by atoms with Crippen molar-refractivity contribution in [3.05, 3.63) is 40.5 Å². The first-order valence-corrected chi connectivity index (χ1v) is 5.20. The standard InChI is InChI=1S/C11H8BrNO2/c12-9-2-1-8-3-7(4-11(14)15)6-13-10(8)5-9/h1-3,5-6H,4H2,(H,14,15). The van der Waals surface area contributed by atoms with Crippen molar-refractivity contribution in [1.29, 1.82) is 0 Å². The van der Waals surface area contributed by atoms with Gasteiger partial charge in [0, 0.05) is 16.1 Å². The van der Waals surface area contributed by atoms with Crippen LogP contribution in [-0.2, 0) is 11.2 Å². The second-order valence-electron chi connectivity index (χ2n) is 3.25. The normalized spacial score (nSPS) is 10.5. The van der Waals surface area contributed by atoms with E-state index in [2.05, 4.69) is 20.9 Å². The van der Waals surface area contributed by atoms with Crippen LogP contribution in [0.5, 0.6) is 0 Å². The Morgan fingerprint density at radius 3 is 2.93 bits per heavy atom. The largest absolute Gasteiger partial charge is 0.481 e. The van der Waals surface area contributed by atoms with E-state index in [1.807, 2.05) is 24.3 Å². The van der Waals surface area contributed by atoms with Crippen LogP contribution in [0.25, 0.3) is 10.9 Å². The number of halogens is 1. The van der Waals surface area contributed by atoms with Crippen molar-refractivity contribution in [2.24, 2.45) is 0 Å². The number of carbonyl (C=O) groups is 1. The molecule has 0 atom stereocenters. The zero-order valence-electron chi connectivity index (χ0n) is 7.77. The molecule has 0 bridgehead atoms. The summed E-state index contributed by atoms with van der Waals surface area (Å²) in [6.07, 6.45) is 1.61. The molecule has 1 N–H and O–H groups in total. The van der Waals surface area contributed by atoms with Crippen molar-refractivity contribution < 1.29 is 9.90 Å². The van der Waals surface area contributed by atoms with Crippen molar-refractivity contribution in [2.75, 3.05) is 0 Å². The lowest BCUT2D eigenvalue weighted by Gasteiger charge is -2.00. The summed E-state index contributed by atoms with van der Waals surface area (Å²) < 4.78 is 0.966. The molecule has 0 saturated carbocycles. The maximum atomic E-state index is 10.5. The minimum Gasteiger partial charge on any atom is -0.481 e. The molecule has 2 aromatic rings. The van der Waals surface area contributed by atoms with Crippen molar-refractivity contribution >= 4 is 32.8 Å². The number of hydrogen-bond acceptors (Lipinski definition) is 2. The Morgan fingerprint density at radius 1 is 1.40 bits per heavy atom. The summed E-state index contributed by atoms with van der Waals surface area (Å²) >= 11 is 3.36. The number of hydrogen-bond donors (Lipinski definition) is 1. The van der Waals surface area contributed by atoms with Crippen LogP contribution in [0.3, 0.4) is 0 Å². The Morgan fingerprint density at radius 2 is 2.20 bits per heavy atom. The highest BCUT2D eigenvalue weighted by atomic mass is 79.9. The maximum Gasteiger partial charge on any atom is 0.307 e. The first-order valence-electron chi connectivity index (χ1n) is 4.41. The predicted molar refractivity (Wildman–Crippen MR) is 60.8 cm³/mol. The molecule has 0 fully saturated rings. The average Bonchev–Trinajstić information content (AvgIpc) is 2.17. The predicted octanol–water partition coefficient (Wildman–Crippen LogP) is 2.62. The number of nitrogens with zero attached hydrogens (tertiary/aromatic N) is 1. The third-order valence-electron chi connectivity index (χ3n) is 2.06. The van der Waals surface area contributed by atoms with E-state index < -0.39 is 5.97 Å². The van der Waals surface area contributed by atoms with E-state index in [1.165, 1.54) is 0 Å². The third kappa shape index (κ3) is 2.33. The molecule has 0 aliphatic rings. The van der Waals surface area contributed by atoms with Gasteiger partial charge in [-0.2, -0.15) is 0 Å². The van der Waals surface area contributed by atoms with Gasteiger partial charge in [-0.05, 0) is 23.8 Å². The molecule has 3 nitrogen and oxygen atoms in total. The van der Waals surface area contributed by atoms with E-state index in [0.717, 1.165) is 20.9 Å². The van der Waals surface area contributed by atoms with Gasteiger partial charge in [-0.15, -0.1) is 0 Å². The van der Waals surface area contributed by atoms with Gasteiger partial charge in [0.1, 0.15) is 0 Å². The molecule has 4 heteroatoms. The van der Waals surface area contributed by atoms with Crippen molar-refractivity contribution in [2.45, 2.75) is 6.42 Å². The summed E-state index contributed by atoms with van der Waals surface area (Å²) in [5.41, 5.74) is 1.58. The SMILES string of the molecule is O=C(O)Cc1cnc2cc(Br)ccc2c1. The summed E-state index contributed by atoms with van der Waals surface area (Å²) in [6.45, 7) is 0. The Kier molecular flexibility index (Phi) is 2.68. The minimum absolute atomic E-state index is 0.0129. The summed E-state index contributed by atoms with van der Waals surface area (Å²) in [7, 11) is 0. The van der Waals surface area contributed by atoms with Gasteiger partial charge in [0.2, 0.25) is 0 Å². The van der Waals surface area contributed by atoms with Crippen LogP contribution in [0, 0.1) is 0 Å². The van der Waals surface area contributed by atoms with Crippen LogP contribution in [0.15, 0.2) is 34.9 Å². The molecule has 0 spiro atoms. The topological polar surface area (TPSA) is 50.2 Å². The lowest BCUT2D eigenvalue weighted by Crippen LogP contribution is -2.00. The summed E-state index contributed by atoms with van der Waals surface area (Å²) in [5.74, 6) is -0.840. The number of aliphatic carboxylic acids is 1. The Hall–Kier alpha value is -1.42. The van der Waals surface area contributed by atoms with Crippen LogP contribution in [0.4, 0.5) is 0 Å². The Bertz CT molecular complexity index is 525. The molecular weight excluding hydrogens is 258 g/mol. The van der Waals surface area contributed by atoms with Crippen molar-refractivity contribution in [3.8, 4) is 0 Å². The zero-order valence-corrected chi connectivity index (χ0v) is 9.36. The van der Waals surface area contributed by atoms with Gasteiger partial charge >= 0.3 is 5.97 Å². The van der Waals surface area contributed by atoms with Crippen LogP contribution in [0.2, 0.25) is 0 Å². The molecule has 76 valence electrons. The molecule has 0 radical (unpaired) electrons. The van der Waals surface area contributed by atoms with Gasteiger partial charge < -0.3 is 5.11 Å². The molecule has 0 amide bonds. The molecule has 1 aromatic heterocycles. The first kappa shape index (κ1) is 10.1. The number of carboxylic acid groups (broad SMARTS) is 1. The number of carboxylic acids is 1. The van der Waals surface area contributed by atoms with E-state index in [1.54, 1.807) is 6.20 Å². The number of benzene rings is 1. The van der Waals surface area contributed by atoms with Gasteiger partial charge in [0.25, 0.3) is 0 Å². The van der Waals surface area contributed by atoms with Gasteiger partial charge in [-0.25, -0.2) is 0 Å². The molecule has 0 aliphatic heterocycles. The summed E-state index contributed by atoms with van der Waals surface area (Å²) in [6, 6.07) is 7.58. The molecule has 0 saturated heterocycles. The maximum absolute atomic E-state index is 10.5. The third-order valence-corrected chi connectivity index (χ3v) is 2.55. The number of pyridine rings is 1.